The molecule has 0 radical (unpaired) electrons. The maximum absolute atomic E-state index is 13.6. The van der Waals surface area contributed by atoms with Crippen LogP contribution in [-0.4, -0.2) is 54.8 Å². The summed E-state index contributed by atoms with van der Waals surface area (Å²) in [5.41, 5.74) is 4.79. The smallest absolute Gasteiger partial charge is 0.282 e. The summed E-state index contributed by atoms with van der Waals surface area (Å²) >= 11 is 0. The number of amides is 2. The number of nitriles is 1. The second-order valence-corrected chi connectivity index (χ2v) is 7.94. The number of aryl methyl sites for hydroxylation is 2. The van der Waals surface area contributed by atoms with Gasteiger partial charge in [0.15, 0.2) is 0 Å². The highest BCUT2D eigenvalue weighted by Gasteiger charge is 2.43. The number of rotatable bonds is 3. The van der Waals surface area contributed by atoms with E-state index in [0.717, 1.165) is 29.8 Å². The van der Waals surface area contributed by atoms with Crippen molar-refractivity contribution in [1.82, 2.24) is 9.80 Å². The number of carbonyl (C=O) groups excluding carboxylic acids is 2. The van der Waals surface area contributed by atoms with Gasteiger partial charge in [-0.1, -0.05) is 23.8 Å². The molecule has 2 aliphatic rings. The van der Waals surface area contributed by atoms with Crippen LogP contribution < -0.4 is 4.90 Å². The summed E-state index contributed by atoms with van der Waals surface area (Å²) in [6.07, 6.45) is 0. The first kappa shape index (κ1) is 19.9. The number of hydrogen-bond donors (Lipinski definition) is 0. The van der Waals surface area contributed by atoms with Gasteiger partial charge in [-0.2, -0.15) is 5.26 Å². The molecule has 152 valence electrons. The van der Waals surface area contributed by atoms with Crippen LogP contribution in [0.5, 0.6) is 0 Å². The maximum atomic E-state index is 13.6. The lowest BCUT2D eigenvalue weighted by Gasteiger charge is -2.34. The van der Waals surface area contributed by atoms with Crippen LogP contribution in [0.15, 0.2) is 48.2 Å². The lowest BCUT2D eigenvalue weighted by atomic mass is 9.97. The van der Waals surface area contributed by atoms with Crippen molar-refractivity contribution in [3.05, 3.63) is 70.4 Å². The fraction of sp³-hybridized carbons (Fsp3) is 0.292. The quantitative estimate of drug-likeness (QED) is 0.741. The van der Waals surface area contributed by atoms with Crippen molar-refractivity contribution in [2.45, 2.75) is 13.8 Å². The second kappa shape index (κ2) is 7.77. The molecule has 2 aliphatic heterocycles. The van der Waals surface area contributed by atoms with E-state index in [-0.39, 0.29) is 11.8 Å². The molecule has 0 unspecified atom stereocenters. The van der Waals surface area contributed by atoms with Crippen molar-refractivity contribution in [1.29, 1.82) is 5.26 Å². The molecule has 1 saturated heterocycles. The van der Waals surface area contributed by atoms with Crippen molar-refractivity contribution in [2.24, 2.45) is 0 Å². The molecule has 6 heteroatoms. The molecule has 0 aliphatic carbocycles. The minimum atomic E-state index is -0.314. The van der Waals surface area contributed by atoms with Crippen LogP contribution in [0.25, 0.3) is 5.57 Å². The zero-order valence-electron chi connectivity index (χ0n) is 17.5. The molecule has 30 heavy (non-hydrogen) atoms. The Labute approximate surface area is 176 Å². The number of imide groups is 1. The van der Waals surface area contributed by atoms with Crippen LogP contribution >= 0.6 is 0 Å². The number of anilines is 1. The highest BCUT2D eigenvalue weighted by atomic mass is 16.2. The third kappa shape index (κ3) is 3.38. The summed E-state index contributed by atoms with van der Waals surface area (Å²) in [6, 6.07) is 14.6. The number of nitrogens with zero attached hydrogens (tertiary/aromatic N) is 4. The molecule has 0 saturated carbocycles. The zero-order chi connectivity index (χ0) is 21.4. The van der Waals surface area contributed by atoms with E-state index in [1.807, 2.05) is 36.9 Å². The minimum Gasteiger partial charge on any atom is -0.364 e. The molecule has 2 aromatic rings. The van der Waals surface area contributed by atoms with Gasteiger partial charge in [-0.05, 0) is 56.3 Å². The molecule has 6 nitrogen and oxygen atoms in total. The molecule has 0 N–H and O–H groups in total. The molecule has 2 heterocycles. The normalized spacial score (nSPS) is 17.7. The molecule has 1 fully saturated rings. The van der Waals surface area contributed by atoms with E-state index in [0.29, 0.717) is 35.6 Å². The first-order chi connectivity index (χ1) is 14.4. The van der Waals surface area contributed by atoms with Gasteiger partial charge < -0.3 is 9.80 Å². The van der Waals surface area contributed by atoms with Gasteiger partial charge >= 0.3 is 0 Å². The molecule has 2 aromatic carbocycles. The van der Waals surface area contributed by atoms with Gasteiger partial charge in [0.2, 0.25) is 0 Å². The summed E-state index contributed by atoms with van der Waals surface area (Å²) in [4.78, 5) is 32.6. The van der Waals surface area contributed by atoms with E-state index in [1.54, 1.807) is 24.3 Å². The average Bonchev–Trinajstić information content (AvgIpc) is 2.99. The Morgan fingerprint density at radius 1 is 0.900 bits per heavy atom. The Bertz CT molecular complexity index is 1090. The van der Waals surface area contributed by atoms with Gasteiger partial charge in [-0.3, -0.25) is 9.59 Å². The van der Waals surface area contributed by atoms with Gasteiger partial charge in [0, 0.05) is 26.2 Å². The van der Waals surface area contributed by atoms with Crippen LogP contribution in [0.1, 0.15) is 22.3 Å². The van der Waals surface area contributed by atoms with Crippen LogP contribution in [0.4, 0.5) is 5.69 Å². The van der Waals surface area contributed by atoms with Crippen molar-refractivity contribution in [3.8, 4) is 6.07 Å². The highest BCUT2D eigenvalue weighted by Crippen LogP contribution is 2.36. The summed E-state index contributed by atoms with van der Waals surface area (Å²) in [5.74, 6) is -0.616. The summed E-state index contributed by atoms with van der Waals surface area (Å²) in [6.45, 7) is 7.04. The van der Waals surface area contributed by atoms with Crippen LogP contribution in [0.2, 0.25) is 0 Å². The second-order valence-electron chi connectivity index (χ2n) is 7.94. The van der Waals surface area contributed by atoms with Gasteiger partial charge in [0.1, 0.15) is 5.70 Å². The van der Waals surface area contributed by atoms with E-state index in [9.17, 15) is 9.59 Å². The first-order valence-corrected chi connectivity index (χ1v) is 10.0. The Balaban J connectivity index is 1.82. The number of likely N-dealkylation sites (N-methyl/N-ethyl adjacent to an activating group) is 1. The molecular weight excluding hydrogens is 376 g/mol. The first-order valence-electron chi connectivity index (χ1n) is 10.0. The molecule has 0 atom stereocenters. The predicted octanol–water partition coefficient (Wildman–Crippen LogP) is 2.71. The number of carbonyl (C=O) groups is 2. The lowest BCUT2D eigenvalue weighted by molar-refractivity contribution is -0.120. The van der Waals surface area contributed by atoms with Crippen molar-refractivity contribution in [3.63, 3.8) is 0 Å². The highest BCUT2D eigenvalue weighted by molar-refractivity contribution is 6.45. The number of piperazine rings is 1. The molecule has 0 bridgehead atoms. The monoisotopic (exact) mass is 400 g/mol. The fourth-order valence-electron chi connectivity index (χ4n) is 4.10. The van der Waals surface area contributed by atoms with Gasteiger partial charge in [0.05, 0.1) is 22.9 Å². The largest absolute Gasteiger partial charge is 0.364 e. The predicted molar refractivity (Wildman–Crippen MR) is 116 cm³/mol. The van der Waals surface area contributed by atoms with Gasteiger partial charge in [-0.25, -0.2) is 4.90 Å². The Morgan fingerprint density at radius 2 is 1.57 bits per heavy atom. The number of benzene rings is 2. The zero-order valence-corrected chi connectivity index (χ0v) is 17.5. The van der Waals surface area contributed by atoms with E-state index >= 15 is 0 Å². The average molecular weight is 400 g/mol. The summed E-state index contributed by atoms with van der Waals surface area (Å²) < 4.78 is 0. The standard InChI is InChI=1S/C24H24N4O2/c1-16-4-9-20(17(2)14-16)21-22(27-12-10-26(3)11-13-27)24(30)28(23(21)29)19-7-5-18(15-25)6-8-19/h4-9,14H,10-13H2,1-3H3. The van der Waals surface area contributed by atoms with Crippen LogP contribution in [0, 0.1) is 25.2 Å². The topological polar surface area (TPSA) is 67.7 Å². The molecular formula is C24H24N4O2. The fourth-order valence-corrected chi connectivity index (χ4v) is 4.10. The summed E-state index contributed by atoms with van der Waals surface area (Å²) in [5, 5.41) is 9.06. The van der Waals surface area contributed by atoms with Crippen molar-refractivity contribution < 1.29 is 9.59 Å². The van der Waals surface area contributed by atoms with Gasteiger partial charge in [-0.15, -0.1) is 0 Å². The number of hydrogen-bond acceptors (Lipinski definition) is 5. The lowest BCUT2D eigenvalue weighted by Crippen LogP contribution is -2.46. The summed E-state index contributed by atoms with van der Waals surface area (Å²) in [7, 11) is 2.06. The van der Waals surface area contributed by atoms with E-state index in [1.165, 1.54) is 4.90 Å². The van der Waals surface area contributed by atoms with E-state index in [4.69, 9.17) is 5.26 Å². The van der Waals surface area contributed by atoms with Crippen molar-refractivity contribution >= 4 is 23.1 Å². The Morgan fingerprint density at radius 3 is 2.17 bits per heavy atom. The molecule has 4 rings (SSSR count). The minimum absolute atomic E-state index is 0.302. The Kier molecular flexibility index (Phi) is 5.15. The molecule has 0 aromatic heterocycles. The third-order valence-electron chi connectivity index (χ3n) is 5.78. The van der Waals surface area contributed by atoms with Gasteiger partial charge in [0.25, 0.3) is 11.8 Å². The Hall–Kier alpha value is -3.43. The van der Waals surface area contributed by atoms with Crippen LogP contribution in [0.3, 0.4) is 0 Å². The van der Waals surface area contributed by atoms with Crippen molar-refractivity contribution in [2.75, 3.05) is 38.1 Å². The molecule has 2 amide bonds. The maximum Gasteiger partial charge on any atom is 0.282 e. The van der Waals surface area contributed by atoms with E-state index < -0.39 is 0 Å². The van der Waals surface area contributed by atoms with Crippen LogP contribution in [-0.2, 0) is 9.59 Å². The third-order valence-corrected chi connectivity index (χ3v) is 5.78. The van der Waals surface area contributed by atoms with E-state index in [2.05, 4.69) is 18.0 Å². The SMILES string of the molecule is Cc1ccc(C2=C(N3CCN(C)CC3)C(=O)N(c3ccc(C#N)cc3)C2=O)c(C)c1. The molecule has 0 spiro atoms.